The van der Waals surface area contributed by atoms with Gasteiger partial charge in [0, 0.05) is 23.7 Å². The molecule has 2 aliphatic rings. The second kappa shape index (κ2) is 12.1. The van der Waals surface area contributed by atoms with E-state index in [9.17, 15) is 32.7 Å². The lowest BCUT2D eigenvalue weighted by molar-refractivity contribution is -0.388. The van der Waals surface area contributed by atoms with Crippen molar-refractivity contribution in [2.45, 2.75) is 50.1 Å². The van der Waals surface area contributed by atoms with Crippen LogP contribution < -0.4 is 15.6 Å². The Kier molecular flexibility index (Phi) is 8.62. The lowest BCUT2D eigenvalue weighted by atomic mass is 10.0. The van der Waals surface area contributed by atoms with Crippen LogP contribution in [0.15, 0.2) is 58.7 Å². The highest BCUT2D eigenvalue weighted by Crippen LogP contribution is 2.36. The van der Waals surface area contributed by atoms with Crippen molar-refractivity contribution in [3.63, 3.8) is 0 Å². The first-order valence-electron chi connectivity index (χ1n) is 13.4. The number of nitro benzene ring substituents is 1. The Hall–Kier alpha value is -4.11. The van der Waals surface area contributed by atoms with E-state index in [0.717, 1.165) is 18.9 Å². The zero-order valence-electron chi connectivity index (χ0n) is 23.3. The first-order chi connectivity index (χ1) is 20.8. The molecule has 1 saturated carbocycles. The molecule has 16 heteroatoms. The van der Waals surface area contributed by atoms with E-state index in [1.807, 2.05) is 6.92 Å². The van der Waals surface area contributed by atoms with Crippen molar-refractivity contribution in [2.24, 2.45) is 11.0 Å². The fourth-order valence-corrected chi connectivity index (χ4v) is 6.22. The molecule has 0 spiro atoms. The van der Waals surface area contributed by atoms with E-state index in [4.69, 9.17) is 23.2 Å². The maximum absolute atomic E-state index is 14.0. The third-order valence-corrected chi connectivity index (χ3v) is 8.82. The Morgan fingerprint density at radius 1 is 1.18 bits per heavy atom. The van der Waals surface area contributed by atoms with Crippen molar-refractivity contribution in [1.29, 1.82) is 0 Å². The minimum Gasteiger partial charge on any atom is -0.349 e. The summed E-state index contributed by atoms with van der Waals surface area (Å²) in [6.07, 6.45) is 3.20. The Morgan fingerprint density at radius 2 is 1.91 bits per heavy atom. The normalized spacial score (nSPS) is 17.2. The maximum Gasteiger partial charge on any atom is 0.301 e. The van der Waals surface area contributed by atoms with Crippen LogP contribution in [0.25, 0.3) is 0 Å². The molecule has 2 amide bonds. The molecule has 1 aliphatic carbocycles. The van der Waals surface area contributed by atoms with Crippen LogP contribution in [0.5, 0.6) is 0 Å². The summed E-state index contributed by atoms with van der Waals surface area (Å²) in [5.41, 5.74) is -0.302. The standard InChI is InChI=1S/C28H26Cl2N6O7S/c1-14-11-17(29)12-19(27(37)32-15(2)16-8-9-16)24(14)33-28(38)22-13-21(34-35(22)26-20(30)6-4-10-31-26)18-5-3-7-23(44(41,42)43)25(18)36(39)40/h3-7,10-12,15-16,22H,8-9,13H2,1-2H3,(H,32,37)(H,33,38)(H,41,42,43). The molecule has 1 aliphatic heterocycles. The predicted molar refractivity (Wildman–Crippen MR) is 164 cm³/mol. The van der Waals surface area contributed by atoms with Gasteiger partial charge in [-0.3, -0.25) is 24.3 Å². The molecular formula is C28H26Cl2N6O7S. The fraction of sp³-hybridized carbons (Fsp3) is 0.286. The molecule has 2 heterocycles. The van der Waals surface area contributed by atoms with Crippen molar-refractivity contribution in [2.75, 3.05) is 10.3 Å². The molecule has 2 unspecified atom stereocenters. The summed E-state index contributed by atoms with van der Waals surface area (Å²) < 4.78 is 33.5. The minimum atomic E-state index is -4.98. The van der Waals surface area contributed by atoms with Crippen LogP contribution in [0, 0.1) is 23.0 Å². The number of carbonyl (C=O) groups excluding carboxylic acids is 2. The van der Waals surface area contributed by atoms with E-state index in [-0.39, 0.29) is 45.8 Å². The molecule has 44 heavy (non-hydrogen) atoms. The number of pyridine rings is 1. The van der Waals surface area contributed by atoms with E-state index in [1.165, 1.54) is 35.5 Å². The molecule has 3 N–H and O–H groups in total. The zero-order chi connectivity index (χ0) is 31.9. The molecule has 0 bridgehead atoms. The summed E-state index contributed by atoms with van der Waals surface area (Å²) in [6, 6.07) is 8.22. The van der Waals surface area contributed by atoms with Gasteiger partial charge >= 0.3 is 10.1 Å². The first-order valence-corrected chi connectivity index (χ1v) is 15.6. The molecule has 1 aromatic heterocycles. The number of hydrazone groups is 1. The van der Waals surface area contributed by atoms with Gasteiger partial charge in [0.1, 0.15) is 6.04 Å². The Balaban J connectivity index is 1.54. The topological polar surface area (TPSA) is 184 Å². The second-order valence-corrected chi connectivity index (χ2v) is 12.8. The van der Waals surface area contributed by atoms with Gasteiger partial charge in [-0.1, -0.05) is 29.3 Å². The molecule has 1 fully saturated rings. The number of carbonyl (C=O) groups is 2. The van der Waals surface area contributed by atoms with Crippen molar-refractivity contribution < 1.29 is 27.5 Å². The molecule has 2 aromatic carbocycles. The molecule has 0 saturated heterocycles. The largest absolute Gasteiger partial charge is 0.349 e. The Bertz CT molecular complexity index is 1830. The van der Waals surface area contributed by atoms with Gasteiger partial charge in [-0.05, 0) is 74.6 Å². The predicted octanol–water partition coefficient (Wildman–Crippen LogP) is 5.00. The third-order valence-electron chi connectivity index (χ3n) is 7.42. The van der Waals surface area contributed by atoms with Crippen LogP contribution in [0.3, 0.4) is 0 Å². The number of aromatic nitrogens is 1. The van der Waals surface area contributed by atoms with Crippen molar-refractivity contribution in [1.82, 2.24) is 10.3 Å². The van der Waals surface area contributed by atoms with Crippen LogP contribution in [0.2, 0.25) is 10.0 Å². The number of nitro groups is 1. The minimum absolute atomic E-state index is 0.0341. The summed E-state index contributed by atoms with van der Waals surface area (Å²) in [7, 11) is -4.98. The number of amides is 2. The number of rotatable bonds is 9. The van der Waals surface area contributed by atoms with Gasteiger partial charge in [-0.25, -0.2) is 9.99 Å². The summed E-state index contributed by atoms with van der Waals surface area (Å²) >= 11 is 12.7. The molecular weight excluding hydrogens is 635 g/mol. The van der Waals surface area contributed by atoms with Crippen molar-refractivity contribution in [3.8, 4) is 0 Å². The number of nitrogens with one attached hydrogen (secondary N) is 2. The summed E-state index contributed by atoms with van der Waals surface area (Å²) in [5.74, 6) is -0.641. The quantitative estimate of drug-likeness (QED) is 0.161. The van der Waals surface area contributed by atoms with Crippen LogP contribution in [0.1, 0.15) is 47.7 Å². The van der Waals surface area contributed by atoms with Gasteiger partial charge in [-0.15, -0.1) is 0 Å². The molecule has 5 rings (SSSR count). The molecule has 2 atom stereocenters. The van der Waals surface area contributed by atoms with Crippen LogP contribution in [0.4, 0.5) is 17.2 Å². The van der Waals surface area contributed by atoms with E-state index in [0.29, 0.717) is 16.5 Å². The second-order valence-electron chi connectivity index (χ2n) is 10.5. The fourth-order valence-electron chi connectivity index (χ4n) is 5.06. The highest BCUT2D eigenvalue weighted by molar-refractivity contribution is 7.86. The average Bonchev–Trinajstić information content (AvgIpc) is 3.72. The van der Waals surface area contributed by atoms with Gasteiger partial charge in [0.15, 0.2) is 10.7 Å². The van der Waals surface area contributed by atoms with Gasteiger partial charge in [0.05, 0.1) is 32.5 Å². The molecule has 13 nitrogen and oxygen atoms in total. The van der Waals surface area contributed by atoms with Crippen LogP contribution >= 0.6 is 23.2 Å². The number of para-hydroxylation sites is 1. The van der Waals surface area contributed by atoms with Gasteiger partial charge in [-0.2, -0.15) is 13.5 Å². The van der Waals surface area contributed by atoms with E-state index < -0.39 is 43.5 Å². The van der Waals surface area contributed by atoms with Gasteiger partial charge < -0.3 is 10.6 Å². The monoisotopic (exact) mass is 660 g/mol. The summed E-state index contributed by atoms with van der Waals surface area (Å²) in [4.78, 5) is 41.6. The number of nitrogens with zero attached hydrogens (tertiary/aromatic N) is 4. The van der Waals surface area contributed by atoms with Gasteiger partial charge in [0.2, 0.25) is 5.91 Å². The van der Waals surface area contributed by atoms with E-state index in [1.54, 1.807) is 19.1 Å². The van der Waals surface area contributed by atoms with Crippen LogP contribution in [-0.4, -0.2) is 52.5 Å². The van der Waals surface area contributed by atoms with E-state index >= 15 is 0 Å². The Morgan fingerprint density at radius 3 is 2.55 bits per heavy atom. The SMILES string of the molecule is Cc1cc(Cl)cc(C(=O)NC(C)C2CC2)c1NC(=O)C1CC(c2cccc(S(=O)(=O)O)c2[N+](=O)[O-])=NN1c1ncccc1Cl. The highest BCUT2D eigenvalue weighted by atomic mass is 35.5. The van der Waals surface area contributed by atoms with Crippen LogP contribution in [-0.2, 0) is 14.9 Å². The number of hydrogen-bond donors (Lipinski definition) is 3. The lowest BCUT2D eigenvalue weighted by Crippen LogP contribution is -2.40. The van der Waals surface area contributed by atoms with Crippen molar-refractivity contribution in [3.05, 3.63) is 85.5 Å². The first kappa shape index (κ1) is 31.3. The van der Waals surface area contributed by atoms with Gasteiger partial charge in [0.25, 0.3) is 11.6 Å². The molecule has 3 aromatic rings. The Labute approximate surface area is 262 Å². The molecule has 230 valence electrons. The summed E-state index contributed by atoms with van der Waals surface area (Å²) in [5, 5.41) is 23.8. The number of benzene rings is 2. The lowest BCUT2D eigenvalue weighted by Gasteiger charge is -2.24. The third kappa shape index (κ3) is 6.38. The number of anilines is 2. The molecule has 0 radical (unpaired) electrons. The summed E-state index contributed by atoms with van der Waals surface area (Å²) in [6.45, 7) is 3.59. The van der Waals surface area contributed by atoms with Crippen molar-refractivity contribution >= 4 is 68.0 Å². The van der Waals surface area contributed by atoms with E-state index in [2.05, 4.69) is 20.7 Å². The smallest absolute Gasteiger partial charge is 0.301 e. The number of hydrogen-bond acceptors (Lipinski definition) is 9. The zero-order valence-corrected chi connectivity index (χ0v) is 25.7. The average molecular weight is 662 g/mol. The number of aryl methyl sites for hydroxylation is 1. The highest BCUT2D eigenvalue weighted by Gasteiger charge is 2.40. The number of halogens is 2. The maximum atomic E-state index is 14.0.